The molecule has 0 heterocycles. The Balaban J connectivity index is 3.64. The number of nitrogens with two attached hydrogens (primary N) is 2. The van der Waals surface area contributed by atoms with Gasteiger partial charge in [0.2, 0.25) is 5.91 Å². The summed E-state index contributed by atoms with van der Waals surface area (Å²) in [5.74, 6) is 0.183. The van der Waals surface area contributed by atoms with Gasteiger partial charge in [-0.2, -0.15) is 0 Å². The fourth-order valence-electron chi connectivity index (χ4n) is 1.58. The van der Waals surface area contributed by atoms with Gasteiger partial charge in [0.25, 0.3) is 0 Å². The van der Waals surface area contributed by atoms with Crippen LogP contribution in [0.1, 0.15) is 47.0 Å². The smallest absolute Gasteiger partial charge is 0.237 e. The number of hydrogen-bond acceptors (Lipinski definition) is 3. The molecule has 16 heavy (non-hydrogen) atoms. The van der Waals surface area contributed by atoms with Crippen LogP contribution in [-0.2, 0) is 9.53 Å². The summed E-state index contributed by atoms with van der Waals surface area (Å²) in [6, 6.07) is 0. The highest BCUT2D eigenvalue weighted by atomic mass is 16.5. The number of carbonyl (C=O) groups is 1. The highest BCUT2D eigenvalue weighted by Crippen LogP contribution is 2.11. The lowest BCUT2D eigenvalue weighted by molar-refractivity contribution is -0.122. The minimum Gasteiger partial charge on any atom is -0.378 e. The molecule has 0 spiro atoms. The molecule has 0 aromatic rings. The molecule has 96 valence electrons. The highest BCUT2D eigenvalue weighted by molar-refractivity contribution is 5.83. The molecular weight excluding hydrogens is 204 g/mol. The van der Waals surface area contributed by atoms with Gasteiger partial charge in [-0.15, -0.1) is 0 Å². The third-order valence-electron chi connectivity index (χ3n) is 2.61. The van der Waals surface area contributed by atoms with Gasteiger partial charge in [-0.05, 0) is 39.0 Å². The van der Waals surface area contributed by atoms with E-state index in [2.05, 4.69) is 20.8 Å². The normalized spacial score (nSPS) is 17.1. The van der Waals surface area contributed by atoms with E-state index in [0.717, 1.165) is 12.8 Å². The monoisotopic (exact) mass is 230 g/mol. The third kappa shape index (κ3) is 6.80. The fourth-order valence-corrected chi connectivity index (χ4v) is 1.58. The van der Waals surface area contributed by atoms with Crippen LogP contribution in [0.25, 0.3) is 0 Å². The summed E-state index contributed by atoms with van der Waals surface area (Å²) in [6.07, 6.45) is 2.64. The molecule has 0 radical (unpaired) electrons. The van der Waals surface area contributed by atoms with Crippen LogP contribution in [-0.4, -0.2) is 24.2 Å². The third-order valence-corrected chi connectivity index (χ3v) is 2.61. The first kappa shape index (κ1) is 15.4. The van der Waals surface area contributed by atoms with Gasteiger partial charge in [-0.3, -0.25) is 4.79 Å². The number of rotatable bonds is 8. The standard InChI is InChI=1S/C12H26N2O2/c1-9(2)8-10(3)16-7-5-6-12(4,14)11(13)15/h9-10H,5-8,14H2,1-4H3,(H2,13,15). The Morgan fingerprint density at radius 3 is 2.38 bits per heavy atom. The summed E-state index contributed by atoms with van der Waals surface area (Å²) in [4.78, 5) is 11.0. The van der Waals surface area contributed by atoms with Crippen LogP contribution in [0, 0.1) is 5.92 Å². The second-order valence-electron chi connectivity index (χ2n) is 5.20. The van der Waals surface area contributed by atoms with Crippen molar-refractivity contribution in [3.05, 3.63) is 0 Å². The number of carbonyl (C=O) groups excluding carboxylic acids is 1. The molecule has 0 saturated carbocycles. The van der Waals surface area contributed by atoms with E-state index in [1.165, 1.54) is 0 Å². The van der Waals surface area contributed by atoms with E-state index in [9.17, 15) is 4.79 Å². The molecule has 4 nitrogen and oxygen atoms in total. The molecule has 0 bridgehead atoms. The summed E-state index contributed by atoms with van der Waals surface area (Å²) in [5.41, 5.74) is 9.99. The molecule has 0 rings (SSSR count). The Hall–Kier alpha value is -0.610. The van der Waals surface area contributed by atoms with Crippen molar-refractivity contribution in [2.75, 3.05) is 6.61 Å². The maximum atomic E-state index is 11.0. The number of amides is 1. The molecule has 0 fully saturated rings. The Kier molecular flexibility index (Phi) is 6.60. The predicted octanol–water partition coefficient (Wildman–Crippen LogP) is 1.42. The Morgan fingerprint density at radius 2 is 1.94 bits per heavy atom. The quantitative estimate of drug-likeness (QED) is 0.619. The molecule has 2 unspecified atom stereocenters. The van der Waals surface area contributed by atoms with Crippen molar-refractivity contribution in [2.24, 2.45) is 17.4 Å². The van der Waals surface area contributed by atoms with Gasteiger partial charge in [0.15, 0.2) is 0 Å². The van der Waals surface area contributed by atoms with Gasteiger partial charge in [0.05, 0.1) is 11.6 Å². The molecule has 0 aromatic heterocycles. The van der Waals surface area contributed by atoms with Gasteiger partial charge >= 0.3 is 0 Å². The number of ether oxygens (including phenoxy) is 1. The zero-order valence-electron chi connectivity index (χ0n) is 11.0. The van der Waals surface area contributed by atoms with Crippen LogP contribution in [0.15, 0.2) is 0 Å². The van der Waals surface area contributed by atoms with Crippen molar-refractivity contribution in [3.63, 3.8) is 0 Å². The molecule has 0 aliphatic carbocycles. The van der Waals surface area contributed by atoms with Crippen LogP contribution in [0.2, 0.25) is 0 Å². The average Bonchev–Trinajstić information content (AvgIpc) is 2.11. The van der Waals surface area contributed by atoms with Gasteiger partial charge in [0.1, 0.15) is 0 Å². The van der Waals surface area contributed by atoms with Gasteiger partial charge in [0, 0.05) is 6.61 Å². The van der Waals surface area contributed by atoms with Crippen LogP contribution in [0.3, 0.4) is 0 Å². The van der Waals surface area contributed by atoms with E-state index in [0.29, 0.717) is 18.9 Å². The first-order valence-electron chi connectivity index (χ1n) is 5.96. The molecule has 0 aromatic carbocycles. The molecule has 0 aliphatic rings. The minimum absolute atomic E-state index is 0.262. The largest absolute Gasteiger partial charge is 0.378 e. The van der Waals surface area contributed by atoms with Crippen molar-refractivity contribution in [3.8, 4) is 0 Å². The van der Waals surface area contributed by atoms with Gasteiger partial charge in [-0.1, -0.05) is 13.8 Å². The van der Waals surface area contributed by atoms with Crippen LogP contribution in [0.5, 0.6) is 0 Å². The first-order chi connectivity index (χ1) is 7.25. The van der Waals surface area contributed by atoms with Crippen molar-refractivity contribution in [1.82, 2.24) is 0 Å². The summed E-state index contributed by atoms with van der Waals surface area (Å²) in [6.45, 7) is 8.70. The van der Waals surface area contributed by atoms with Crippen LogP contribution in [0.4, 0.5) is 0 Å². The Morgan fingerprint density at radius 1 is 1.38 bits per heavy atom. The van der Waals surface area contributed by atoms with E-state index in [1.54, 1.807) is 6.92 Å². The van der Waals surface area contributed by atoms with Crippen molar-refractivity contribution >= 4 is 5.91 Å². The van der Waals surface area contributed by atoms with E-state index in [4.69, 9.17) is 16.2 Å². The number of primary amides is 1. The molecule has 0 aliphatic heterocycles. The fraction of sp³-hybridized carbons (Fsp3) is 0.917. The lowest BCUT2D eigenvalue weighted by Crippen LogP contribution is -2.49. The zero-order chi connectivity index (χ0) is 12.8. The van der Waals surface area contributed by atoms with E-state index in [1.807, 2.05) is 0 Å². The minimum atomic E-state index is -0.912. The summed E-state index contributed by atoms with van der Waals surface area (Å²) in [5, 5.41) is 0. The van der Waals surface area contributed by atoms with E-state index in [-0.39, 0.29) is 6.10 Å². The Labute approximate surface area is 98.7 Å². The first-order valence-corrected chi connectivity index (χ1v) is 5.96. The molecule has 4 N–H and O–H groups in total. The van der Waals surface area contributed by atoms with Crippen molar-refractivity contribution < 1.29 is 9.53 Å². The predicted molar refractivity (Wildman–Crippen MR) is 65.9 cm³/mol. The lowest BCUT2D eigenvalue weighted by atomic mass is 9.97. The maximum absolute atomic E-state index is 11.0. The molecule has 1 amide bonds. The zero-order valence-corrected chi connectivity index (χ0v) is 11.0. The maximum Gasteiger partial charge on any atom is 0.237 e. The van der Waals surface area contributed by atoms with Crippen LogP contribution >= 0.6 is 0 Å². The number of hydrogen-bond donors (Lipinski definition) is 2. The second kappa shape index (κ2) is 6.86. The highest BCUT2D eigenvalue weighted by Gasteiger charge is 2.24. The molecular formula is C12H26N2O2. The van der Waals surface area contributed by atoms with Crippen molar-refractivity contribution in [1.29, 1.82) is 0 Å². The Bertz CT molecular complexity index is 215. The average molecular weight is 230 g/mol. The van der Waals surface area contributed by atoms with Gasteiger partial charge in [-0.25, -0.2) is 0 Å². The van der Waals surface area contributed by atoms with E-state index >= 15 is 0 Å². The summed E-state index contributed by atoms with van der Waals surface area (Å²) >= 11 is 0. The molecule has 4 heteroatoms. The van der Waals surface area contributed by atoms with E-state index < -0.39 is 11.4 Å². The summed E-state index contributed by atoms with van der Waals surface area (Å²) < 4.78 is 5.62. The topological polar surface area (TPSA) is 78.3 Å². The molecule has 2 atom stereocenters. The van der Waals surface area contributed by atoms with Crippen LogP contribution < -0.4 is 11.5 Å². The van der Waals surface area contributed by atoms with Crippen molar-refractivity contribution in [2.45, 2.75) is 58.6 Å². The summed E-state index contributed by atoms with van der Waals surface area (Å²) in [7, 11) is 0. The van der Waals surface area contributed by atoms with Gasteiger partial charge < -0.3 is 16.2 Å². The second-order valence-corrected chi connectivity index (χ2v) is 5.20. The lowest BCUT2D eigenvalue weighted by Gasteiger charge is -2.21. The SMILES string of the molecule is CC(C)CC(C)OCCCC(C)(N)C(N)=O. The molecule has 0 saturated heterocycles.